The Balaban J connectivity index is 1.34. The molecule has 2 aliphatic heterocycles. The van der Waals surface area contributed by atoms with Gasteiger partial charge in [-0.15, -0.1) is 0 Å². The summed E-state index contributed by atoms with van der Waals surface area (Å²) in [6, 6.07) is 17.2. The van der Waals surface area contributed by atoms with Gasteiger partial charge in [0, 0.05) is 55.3 Å². The molecule has 0 spiro atoms. The fraction of sp³-hybridized carbons (Fsp3) is 0.310. The lowest BCUT2D eigenvalue weighted by molar-refractivity contribution is -0.118. The van der Waals surface area contributed by atoms with E-state index >= 15 is 0 Å². The summed E-state index contributed by atoms with van der Waals surface area (Å²) < 4.78 is 0. The summed E-state index contributed by atoms with van der Waals surface area (Å²) in [6.45, 7) is 12.5. The molecule has 2 aromatic carbocycles. The first-order valence-corrected chi connectivity index (χ1v) is 12.8. The molecule has 7 heteroatoms. The first kappa shape index (κ1) is 25.6. The standard InChI is InChI=1S/C29H34ClN5O/c1-4-27(31-3)28(35-15-5-6-24(30)21-35)29(36)32-20-23-9-13-26(14-10-23)34-18-16-33(17-19-34)25-11-7-22(2)8-12-25/h5-15H,3-4,16-21H2,1-2H3,(H,32,36)/b28-27-. The van der Waals surface area contributed by atoms with Crippen molar-refractivity contribution in [1.82, 2.24) is 10.2 Å². The molecule has 0 atom stereocenters. The number of nitrogens with one attached hydrogen (secondary N) is 1. The van der Waals surface area contributed by atoms with Gasteiger partial charge in [-0.2, -0.15) is 0 Å². The second-order valence-corrected chi connectivity index (χ2v) is 9.53. The number of aryl methyl sites for hydroxylation is 1. The van der Waals surface area contributed by atoms with Crippen LogP contribution in [0, 0.1) is 6.92 Å². The van der Waals surface area contributed by atoms with E-state index in [0.717, 1.165) is 31.7 Å². The molecule has 1 fully saturated rings. The summed E-state index contributed by atoms with van der Waals surface area (Å²) in [5.41, 5.74) is 5.95. The van der Waals surface area contributed by atoms with Crippen LogP contribution in [0.4, 0.5) is 11.4 Å². The molecule has 36 heavy (non-hydrogen) atoms. The van der Waals surface area contributed by atoms with Gasteiger partial charge in [0.15, 0.2) is 0 Å². The van der Waals surface area contributed by atoms with Crippen molar-refractivity contribution in [2.75, 3.05) is 42.5 Å². The molecule has 1 saturated heterocycles. The van der Waals surface area contributed by atoms with Gasteiger partial charge in [0.2, 0.25) is 0 Å². The van der Waals surface area contributed by atoms with Gasteiger partial charge >= 0.3 is 0 Å². The third-order valence-corrected chi connectivity index (χ3v) is 6.84. The third kappa shape index (κ3) is 6.18. The van der Waals surface area contributed by atoms with Gasteiger partial charge in [0.05, 0.1) is 12.2 Å². The second kappa shape index (κ2) is 12.0. The van der Waals surface area contributed by atoms with E-state index in [9.17, 15) is 4.79 Å². The molecule has 0 aromatic heterocycles. The van der Waals surface area contributed by atoms with E-state index in [1.54, 1.807) is 0 Å². The smallest absolute Gasteiger partial charge is 0.270 e. The van der Waals surface area contributed by atoms with Crippen molar-refractivity contribution in [3.05, 3.63) is 94.4 Å². The molecule has 2 aromatic rings. The topological polar surface area (TPSA) is 51.2 Å². The number of allylic oxidation sites excluding steroid dienone is 3. The molecule has 1 N–H and O–H groups in total. The highest BCUT2D eigenvalue weighted by Crippen LogP contribution is 2.23. The Hall–Kier alpha value is -3.51. The van der Waals surface area contributed by atoms with Crippen molar-refractivity contribution in [3.8, 4) is 0 Å². The number of carbonyl (C=O) groups is 1. The zero-order chi connectivity index (χ0) is 25.5. The summed E-state index contributed by atoms with van der Waals surface area (Å²) >= 11 is 6.21. The molecule has 0 unspecified atom stereocenters. The molecule has 0 bridgehead atoms. The predicted octanol–water partition coefficient (Wildman–Crippen LogP) is 5.21. The van der Waals surface area contributed by atoms with Crippen LogP contribution < -0.4 is 15.1 Å². The van der Waals surface area contributed by atoms with Crippen LogP contribution in [0.3, 0.4) is 0 Å². The average Bonchev–Trinajstić information content (AvgIpc) is 2.91. The lowest BCUT2D eigenvalue weighted by atomic mass is 10.1. The highest BCUT2D eigenvalue weighted by Gasteiger charge is 2.22. The largest absolute Gasteiger partial charge is 0.368 e. The number of aliphatic imine (C=N–C) groups is 1. The first-order chi connectivity index (χ1) is 17.5. The predicted molar refractivity (Wildman–Crippen MR) is 151 cm³/mol. The van der Waals surface area contributed by atoms with Gasteiger partial charge in [-0.25, -0.2) is 0 Å². The molecule has 6 nitrogen and oxygen atoms in total. The molecule has 0 aliphatic carbocycles. The van der Waals surface area contributed by atoms with Gasteiger partial charge in [-0.1, -0.05) is 48.4 Å². The normalized spacial score (nSPS) is 16.4. The Morgan fingerprint density at radius 2 is 1.58 bits per heavy atom. The van der Waals surface area contributed by atoms with E-state index in [0.29, 0.717) is 35.9 Å². The number of hydrogen-bond donors (Lipinski definition) is 1. The number of rotatable bonds is 8. The molecule has 188 valence electrons. The van der Waals surface area contributed by atoms with E-state index in [2.05, 4.69) is 82.3 Å². The minimum atomic E-state index is -0.188. The highest BCUT2D eigenvalue weighted by atomic mass is 35.5. The van der Waals surface area contributed by atoms with Gasteiger partial charge < -0.3 is 20.0 Å². The Morgan fingerprint density at radius 1 is 1.00 bits per heavy atom. The minimum Gasteiger partial charge on any atom is -0.368 e. The summed E-state index contributed by atoms with van der Waals surface area (Å²) in [7, 11) is 0. The van der Waals surface area contributed by atoms with Gasteiger partial charge in [0.25, 0.3) is 5.91 Å². The van der Waals surface area contributed by atoms with Crippen molar-refractivity contribution >= 4 is 35.6 Å². The van der Waals surface area contributed by atoms with Crippen molar-refractivity contribution in [2.45, 2.75) is 26.8 Å². The summed E-state index contributed by atoms with van der Waals surface area (Å²) in [6.07, 6.45) is 6.10. The third-order valence-electron chi connectivity index (χ3n) is 6.60. The van der Waals surface area contributed by atoms with Crippen LogP contribution in [0.25, 0.3) is 0 Å². The molecule has 2 heterocycles. The van der Waals surface area contributed by atoms with Crippen LogP contribution in [-0.4, -0.2) is 50.2 Å². The van der Waals surface area contributed by atoms with E-state index in [1.165, 1.54) is 16.9 Å². The number of hydrogen-bond acceptors (Lipinski definition) is 5. The number of benzene rings is 2. The molecule has 0 radical (unpaired) electrons. The SMILES string of the molecule is C=N/C(CC)=C(/C(=O)NCc1ccc(N2CCN(c3ccc(C)cc3)CC2)cc1)N1C=CC=C(Cl)C1. The van der Waals surface area contributed by atoms with Crippen LogP contribution in [-0.2, 0) is 11.3 Å². The van der Waals surface area contributed by atoms with E-state index in [4.69, 9.17) is 11.6 Å². The van der Waals surface area contributed by atoms with Crippen molar-refractivity contribution in [3.63, 3.8) is 0 Å². The number of halogens is 1. The van der Waals surface area contributed by atoms with Gasteiger partial charge in [0.1, 0.15) is 5.70 Å². The van der Waals surface area contributed by atoms with Crippen molar-refractivity contribution < 1.29 is 4.79 Å². The number of carbonyl (C=O) groups excluding carboxylic acids is 1. The summed E-state index contributed by atoms with van der Waals surface area (Å²) in [4.78, 5) is 23.9. The van der Waals surface area contributed by atoms with E-state index in [1.807, 2.05) is 30.2 Å². The van der Waals surface area contributed by atoms with Crippen LogP contribution in [0.2, 0.25) is 0 Å². The average molecular weight is 504 g/mol. The Kier molecular flexibility index (Phi) is 8.49. The Bertz CT molecular complexity index is 1160. The summed E-state index contributed by atoms with van der Waals surface area (Å²) in [5.74, 6) is -0.188. The molecular formula is C29H34ClN5O. The molecule has 0 saturated carbocycles. The van der Waals surface area contributed by atoms with Crippen LogP contribution in [0.15, 0.2) is 88.3 Å². The van der Waals surface area contributed by atoms with E-state index in [-0.39, 0.29) is 5.91 Å². The first-order valence-electron chi connectivity index (χ1n) is 12.4. The van der Waals surface area contributed by atoms with Gasteiger partial charge in [-0.05, 0) is 62.0 Å². The molecule has 2 aliphatic rings. The number of nitrogens with zero attached hydrogens (tertiary/aromatic N) is 4. The zero-order valence-corrected chi connectivity index (χ0v) is 21.8. The monoisotopic (exact) mass is 503 g/mol. The highest BCUT2D eigenvalue weighted by molar-refractivity contribution is 6.30. The van der Waals surface area contributed by atoms with Gasteiger partial charge in [-0.3, -0.25) is 9.79 Å². The lowest BCUT2D eigenvalue weighted by Gasteiger charge is -2.37. The number of anilines is 2. The maximum absolute atomic E-state index is 13.2. The Labute approximate surface area is 219 Å². The molecule has 1 amide bonds. The maximum Gasteiger partial charge on any atom is 0.270 e. The fourth-order valence-electron chi connectivity index (χ4n) is 4.52. The minimum absolute atomic E-state index is 0.188. The molecular weight excluding hydrogens is 470 g/mol. The second-order valence-electron chi connectivity index (χ2n) is 9.05. The van der Waals surface area contributed by atoms with Crippen LogP contribution in [0.5, 0.6) is 0 Å². The Morgan fingerprint density at radius 3 is 2.11 bits per heavy atom. The number of amides is 1. The maximum atomic E-state index is 13.2. The zero-order valence-electron chi connectivity index (χ0n) is 21.1. The van der Waals surface area contributed by atoms with Crippen molar-refractivity contribution in [2.24, 2.45) is 4.99 Å². The lowest BCUT2D eigenvalue weighted by Crippen LogP contribution is -2.46. The number of piperazine rings is 1. The quantitative estimate of drug-likeness (QED) is 0.397. The molecule has 4 rings (SSSR count). The fourth-order valence-corrected chi connectivity index (χ4v) is 4.73. The summed E-state index contributed by atoms with van der Waals surface area (Å²) in [5, 5.41) is 3.71. The van der Waals surface area contributed by atoms with E-state index < -0.39 is 0 Å². The van der Waals surface area contributed by atoms with Crippen LogP contribution >= 0.6 is 11.6 Å². The van der Waals surface area contributed by atoms with Crippen LogP contribution in [0.1, 0.15) is 24.5 Å². The van der Waals surface area contributed by atoms with Crippen molar-refractivity contribution in [1.29, 1.82) is 0 Å².